The molecule has 0 aliphatic carbocycles. The summed E-state index contributed by atoms with van der Waals surface area (Å²) in [6, 6.07) is 0. The number of carboxylic acids is 1. The molecule has 0 radical (unpaired) electrons. The number of carboxylic acid groups (broad SMARTS) is 1. The third-order valence-electron chi connectivity index (χ3n) is 3.60. The third kappa shape index (κ3) is 3.25. The summed E-state index contributed by atoms with van der Waals surface area (Å²) in [6.45, 7) is 6.71. The first kappa shape index (κ1) is 14.7. The Kier molecular flexibility index (Phi) is 4.54. The number of carbonyl (C=O) groups excluding carboxylic acids is 1. The highest BCUT2D eigenvalue weighted by Gasteiger charge is 2.23. The predicted molar refractivity (Wildman–Crippen MR) is 77.0 cm³/mol. The minimum Gasteiger partial charge on any atom is -0.477 e. The molecule has 1 N–H and O–H groups in total. The fourth-order valence-corrected chi connectivity index (χ4v) is 3.49. The van der Waals surface area contributed by atoms with Gasteiger partial charge in [-0.1, -0.05) is 6.58 Å². The van der Waals surface area contributed by atoms with E-state index in [2.05, 4.69) is 11.6 Å². The van der Waals surface area contributed by atoms with Gasteiger partial charge < -0.3 is 10.0 Å². The minimum atomic E-state index is -0.905. The predicted octanol–water partition coefficient (Wildman–Crippen LogP) is 2.12. The molecule has 1 saturated heterocycles. The van der Waals surface area contributed by atoms with Gasteiger partial charge in [-0.05, 0) is 31.8 Å². The molecule has 1 amide bonds. The summed E-state index contributed by atoms with van der Waals surface area (Å²) in [4.78, 5) is 29.0. The molecule has 2 rings (SSSR count). The van der Waals surface area contributed by atoms with Gasteiger partial charge in [-0.2, -0.15) is 0 Å². The standard InChI is InChI=1S/C14H18N2O3S/c1-3-12(17)16-6-4-10(5-7-16)8-11-15-9(2)13(20-11)14(18)19/h3,10H,1,4-8H2,2H3,(H,18,19). The first-order valence-electron chi connectivity index (χ1n) is 6.62. The lowest BCUT2D eigenvalue weighted by molar-refractivity contribution is -0.127. The van der Waals surface area contributed by atoms with Gasteiger partial charge in [0.15, 0.2) is 0 Å². The van der Waals surface area contributed by atoms with Crippen molar-refractivity contribution < 1.29 is 14.7 Å². The number of aromatic nitrogens is 1. The van der Waals surface area contributed by atoms with Crippen LogP contribution in [0.1, 0.15) is 33.2 Å². The number of hydrogen-bond donors (Lipinski definition) is 1. The van der Waals surface area contributed by atoms with Gasteiger partial charge in [0, 0.05) is 19.5 Å². The maximum Gasteiger partial charge on any atom is 0.347 e. The van der Waals surface area contributed by atoms with Gasteiger partial charge in [0.2, 0.25) is 5.91 Å². The van der Waals surface area contributed by atoms with Crippen LogP contribution in [0.25, 0.3) is 0 Å². The molecule has 1 aliphatic rings. The Morgan fingerprint density at radius 1 is 1.50 bits per heavy atom. The van der Waals surface area contributed by atoms with Gasteiger partial charge in [-0.3, -0.25) is 4.79 Å². The minimum absolute atomic E-state index is 0.0123. The van der Waals surface area contributed by atoms with E-state index in [9.17, 15) is 9.59 Å². The number of nitrogens with zero attached hydrogens (tertiary/aromatic N) is 2. The second-order valence-electron chi connectivity index (χ2n) is 5.00. The molecule has 108 valence electrons. The molecule has 1 aromatic rings. The van der Waals surface area contributed by atoms with Gasteiger partial charge in [0.25, 0.3) is 0 Å². The summed E-state index contributed by atoms with van der Waals surface area (Å²) in [5, 5.41) is 9.91. The van der Waals surface area contributed by atoms with E-state index >= 15 is 0 Å². The van der Waals surface area contributed by atoms with E-state index in [4.69, 9.17) is 5.11 Å². The molecule has 1 aliphatic heterocycles. The van der Waals surface area contributed by atoms with Crippen molar-refractivity contribution in [3.8, 4) is 0 Å². The van der Waals surface area contributed by atoms with E-state index in [1.807, 2.05) is 0 Å². The van der Waals surface area contributed by atoms with E-state index in [1.54, 1.807) is 11.8 Å². The lowest BCUT2D eigenvalue weighted by Crippen LogP contribution is -2.37. The zero-order valence-electron chi connectivity index (χ0n) is 11.5. The molecular formula is C14H18N2O3S. The second-order valence-corrected chi connectivity index (χ2v) is 6.09. The molecular weight excluding hydrogens is 276 g/mol. The maximum absolute atomic E-state index is 11.5. The van der Waals surface area contributed by atoms with Crippen molar-refractivity contribution in [2.24, 2.45) is 5.92 Å². The normalized spacial score (nSPS) is 16.1. The molecule has 6 heteroatoms. The molecule has 0 saturated carbocycles. The summed E-state index contributed by atoms with van der Waals surface area (Å²) < 4.78 is 0. The summed E-state index contributed by atoms with van der Waals surface area (Å²) >= 11 is 1.27. The summed E-state index contributed by atoms with van der Waals surface area (Å²) in [5.41, 5.74) is 0.594. The molecule has 1 aromatic heterocycles. The molecule has 0 bridgehead atoms. The largest absolute Gasteiger partial charge is 0.477 e. The van der Waals surface area contributed by atoms with Gasteiger partial charge in [-0.25, -0.2) is 9.78 Å². The van der Waals surface area contributed by atoms with Crippen molar-refractivity contribution in [2.75, 3.05) is 13.1 Å². The fourth-order valence-electron chi connectivity index (χ4n) is 2.47. The number of aryl methyl sites for hydroxylation is 1. The zero-order chi connectivity index (χ0) is 14.7. The smallest absolute Gasteiger partial charge is 0.347 e. The van der Waals surface area contributed by atoms with Crippen LogP contribution in [0.3, 0.4) is 0 Å². The molecule has 0 unspecified atom stereocenters. The molecule has 2 heterocycles. The number of likely N-dealkylation sites (tertiary alicyclic amines) is 1. The van der Waals surface area contributed by atoms with Crippen LogP contribution in [0.4, 0.5) is 0 Å². The van der Waals surface area contributed by atoms with E-state index in [0.717, 1.165) is 37.4 Å². The topological polar surface area (TPSA) is 70.5 Å². The zero-order valence-corrected chi connectivity index (χ0v) is 12.3. The average molecular weight is 294 g/mol. The lowest BCUT2D eigenvalue weighted by atomic mass is 9.94. The highest BCUT2D eigenvalue weighted by atomic mass is 32.1. The van der Waals surface area contributed by atoms with Crippen LogP contribution in [0.2, 0.25) is 0 Å². The molecule has 0 atom stereocenters. The molecule has 0 aromatic carbocycles. The second kappa shape index (κ2) is 6.17. The van der Waals surface area contributed by atoms with Crippen LogP contribution in [0.15, 0.2) is 12.7 Å². The highest BCUT2D eigenvalue weighted by molar-refractivity contribution is 7.13. The first-order chi connectivity index (χ1) is 9.51. The van der Waals surface area contributed by atoms with Crippen LogP contribution in [0.5, 0.6) is 0 Å². The number of hydrogen-bond acceptors (Lipinski definition) is 4. The quantitative estimate of drug-likeness (QED) is 0.863. The van der Waals surface area contributed by atoms with E-state index in [0.29, 0.717) is 16.5 Å². The van der Waals surface area contributed by atoms with Gasteiger partial charge in [0.05, 0.1) is 10.7 Å². The average Bonchev–Trinajstić information content (AvgIpc) is 2.79. The van der Waals surface area contributed by atoms with Gasteiger partial charge in [0.1, 0.15) is 4.88 Å². The Bertz CT molecular complexity index is 531. The Morgan fingerprint density at radius 3 is 2.65 bits per heavy atom. The Hall–Kier alpha value is -1.69. The van der Waals surface area contributed by atoms with Gasteiger partial charge in [-0.15, -0.1) is 11.3 Å². The van der Waals surface area contributed by atoms with Crippen molar-refractivity contribution in [3.05, 3.63) is 28.2 Å². The van der Waals surface area contributed by atoms with E-state index < -0.39 is 5.97 Å². The molecule has 0 spiro atoms. The van der Waals surface area contributed by atoms with Crippen molar-refractivity contribution in [2.45, 2.75) is 26.2 Å². The number of aromatic carboxylic acids is 1. The first-order valence-corrected chi connectivity index (χ1v) is 7.44. The molecule has 20 heavy (non-hydrogen) atoms. The Balaban J connectivity index is 1.93. The van der Waals surface area contributed by atoms with Crippen molar-refractivity contribution in [1.82, 2.24) is 9.88 Å². The summed E-state index contributed by atoms with van der Waals surface area (Å²) in [5.74, 6) is -0.449. The summed E-state index contributed by atoms with van der Waals surface area (Å²) in [7, 11) is 0. The lowest BCUT2D eigenvalue weighted by Gasteiger charge is -2.30. The highest BCUT2D eigenvalue weighted by Crippen LogP contribution is 2.26. The van der Waals surface area contributed by atoms with Crippen LogP contribution in [-0.4, -0.2) is 40.0 Å². The number of thiazole rings is 1. The van der Waals surface area contributed by atoms with Crippen LogP contribution >= 0.6 is 11.3 Å². The van der Waals surface area contributed by atoms with Crippen LogP contribution < -0.4 is 0 Å². The number of rotatable bonds is 4. The number of carbonyl (C=O) groups is 2. The van der Waals surface area contributed by atoms with Crippen molar-refractivity contribution in [1.29, 1.82) is 0 Å². The number of amides is 1. The Morgan fingerprint density at radius 2 is 2.15 bits per heavy atom. The SMILES string of the molecule is C=CC(=O)N1CCC(Cc2nc(C)c(C(=O)O)s2)CC1. The van der Waals surface area contributed by atoms with Crippen molar-refractivity contribution >= 4 is 23.2 Å². The molecule has 1 fully saturated rings. The monoisotopic (exact) mass is 294 g/mol. The third-order valence-corrected chi connectivity index (χ3v) is 4.77. The van der Waals surface area contributed by atoms with Gasteiger partial charge >= 0.3 is 5.97 Å². The maximum atomic E-state index is 11.5. The van der Waals surface area contributed by atoms with Crippen LogP contribution in [-0.2, 0) is 11.2 Å². The Labute approximate surface area is 121 Å². The van der Waals surface area contributed by atoms with Crippen LogP contribution in [0, 0.1) is 12.8 Å². The van der Waals surface area contributed by atoms with E-state index in [1.165, 1.54) is 17.4 Å². The summed E-state index contributed by atoms with van der Waals surface area (Å²) in [6.07, 6.45) is 4.01. The molecule has 5 nitrogen and oxygen atoms in total. The number of piperidine rings is 1. The van der Waals surface area contributed by atoms with E-state index in [-0.39, 0.29) is 5.91 Å². The van der Waals surface area contributed by atoms with Crippen molar-refractivity contribution in [3.63, 3.8) is 0 Å². The fraction of sp³-hybridized carbons (Fsp3) is 0.500.